The lowest BCUT2D eigenvalue weighted by molar-refractivity contribution is 0.0491. The molecule has 2 N–H and O–H groups in total. The van der Waals surface area contributed by atoms with Crippen LogP contribution in [-0.2, 0) is 10.0 Å². The first-order chi connectivity index (χ1) is 9.95. The molecule has 21 heavy (non-hydrogen) atoms. The van der Waals surface area contributed by atoms with Crippen molar-refractivity contribution in [1.82, 2.24) is 9.21 Å². The van der Waals surface area contributed by atoms with Gasteiger partial charge in [-0.15, -0.1) is 0 Å². The van der Waals surface area contributed by atoms with Crippen molar-refractivity contribution in [3.05, 3.63) is 29.3 Å². The van der Waals surface area contributed by atoms with Crippen LogP contribution in [0, 0.1) is 0 Å². The normalized spacial score (nSPS) is 19.6. The third-order valence-corrected chi connectivity index (χ3v) is 5.86. The molecule has 1 aliphatic rings. The number of nitrogens with zero attached hydrogens (tertiary/aromatic N) is 2. The molecule has 6 nitrogen and oxygen atoms in total. The number of aliphatic hydroxyl groups excluding tert-OH is 2. The Morgan fingerprint density at radius 3 is 2.38 bits per heavy atom. The molecule has 1 aromatic carbocycles. The van der Waals surface area contributed by atoms with E-state index in [1.165, 1.54) is 10.4 Å². The van der Waals surface area contributed by atoms with E-state index in [1.54, 1.807) is 18.2 Å². The third-order valence-electron chi connectivity index (χ3n) is 3.47. The first-order valence-corrected chi connectivity index (χ1v) is 8.53. The fraction of sp³-hybridized carbons (Fsp3) is 0.538. The Balaban J connectivity index is 2.03. The Morgan fingerprint density at radius 1 is 1.19 bits per heavy atom. The Hall–Kier alpha value is -0.700. The molecule has 0 aliphatic carbocycles. The zero-order valence-electron chi connectivity index (χ0n) is 11.5. The van der Waals surface area contributed by atoms with Crippen LogP contribution in [0.2, 0.25) is 5.02 Å². The van der Waals surface area contributed by atoms with E-state index < -0.39 is 16.1 Å². The Kier molecular flexibility index (Phi) is 5.59. The topological polar surface area (TPSA) is 81.1 Å². The maximum Gasteiger partial charge on any atom is 0.244 e. The predicted octanol–water partition coefficient (Wildman–Crippen LogP) is -0.000500. The number of benzene rings is 1. The van der Waals surface area contributed by atoms with Crippen LogP contribution in [-0.4, -0.2) is 73.3 Å². The van der Waals surface area contributed by atoms with Crippen molar-refractivity contribution < 1.29 is 18.6 Å². The molecule has 8 heteroatoms. The molecule has 2 rings (SSSR count). The van der Waals surface area contributed by atoms with Crippen LogP contribution >= 0.6 is 11.6 Å². The van der Waals surface area contributed by atoms with E-state index >= 15 is 0 Å². The zero-order chi connectivity index (χ0) is 15.5. The lowest BCUT2D eigenvalue weighted by atomic mass is 10.3. The van der Waals surface area contributed by atoms with Gasteiger partial charge < -0.3 is 10.2 Å². The summed E-state index contributed by atoms with van der Waals surface area (Å²) in [4.78, 5) is 2.05. The highest BCUT2D eigenvalue weighted by Crippen LogP contribution is 2.24. The van der Waals surface area contributed by atoms with Gasteiger partial charge in [0.15, 0.2) is 0 Å². The largest absolute Gasteiger partial charge is 0.394 e. The summed E-state index contributed by atoms with van der Waals surface area (Å²) in [6.07, 6.45) is -0.795. The number of piperazine rings is 1. The van der Waals surface area contributed by atoms with Gasteiger partial charge in [0.2, 0.25) is 10.0 Å². The molecule has 0 radical (unpaired) electrons. The van der Waals surface area contributed by atoms with Crippen LogP contribution in [0.3, 0.4) is 0 Å². The number of hydrogen-bond acceptors (Lipinski definition) is 5. The molecule has 1 atom stereocenters. The van der Waals surface area contributed by atoms with Crippen molar-refractivity contribution in [3.8, 4) is 0 Å². The maximum atomic E-state index is 12.5. The van der Waals surface area contributed by atoms with Gasteiger partial charge in [-0.3, -0.25) is 4.90 Å². The van der Waals surface area contributed by atoms with E-state index in [1.807, 2.05) is 4.90 Å². The van der Waals surface area contributed by atoms with Crippen molar-refractivity contribution in [3.63, 3.8) is 0 Å². The van der Waals surface area contributed by atoms with Crippen LogP contribution in [0.25, 0.3) is 0 Å². The van der Waals surface area contributed by atoms with Gasteiger partial charge in [-0.05, 0) is 12.1 Å². The summed E-state index contributed by atoms with van der Waals surface area (Å²) in [6, 6.07) is 6.39. The molecule has 0 unspecified atom stereocenters. The van der Waals surface area contributed by atoms with Gasteiger partial charge in [-0.25, -0.2) is 8.42 Å². The molecule has 0 bridgehead atoms. The number of β-amino-alcohol motifs (C(OH)–C–C–N with tert-alkyl or cyclic N) is 1. The molecule has 1 heterocycles. The molecule has 0 aromatic heterocycles. The van der Waals surface area contributed by atoms with Gasteiger partial charge >= 0.3 is 0 Å². The van der Waals surface area contributed by atoms with Crippen LogP contribution < -0.4 is 0 Å². The third kappa shape index (κ3) is 3.94. The molecule has 1 saturated heterocycles. The smallest absolute Gasteiger partial charge is 0.244 e. The SMILES string of the molecule is O=S(=O)(c1ccccc1Cl)N1CCN(C[C@@H](O)CO)CC1. The van der Waals surface area contributed by atoms with E-state index in [4.69, 9.17) is 16.7 Å². The van der Waals surface area contributed by atoms with Gasteiger partial charge in [0.1, 0.15) is 4.90 Å². The highest BCUT2D eigenvalue weighted by Gasteiger charge is 2.30. The number of sulfonamides is 1. The highest BCUT2D eigenvalue weighted by atomic mass is 35.5. The van der Waals surface area contributed by atoms with Gasteiger partial charge in [0, 0.05) is 32.7 Å². The summed E-state index contributed by atoms with van der Waals surface area (Å²) in [5.41, 5.74) is 0. The summed E-state index contributed by atoms with van der Waals surface area (Å²) in [5, 5.41) is 18.5. The first-order valence-electron chi connectivity index (χ1n) is 6.71. The minimum atomic E-state index is -3.59. The van der Waals surface area contributed by atoms with Crippen molar-refractivity contribution in [2.24, 2.45) is 0 Å². The minimum Gasteiger partial charge on any atom is -0.394 e. The molecular formula is C13H19ClN2O4S. The molecule has 1 aliphatic heterocycles. The fourth-order valence-corrected chi connectivity index (χ4v) is 4.22. The average molecular weight is 335 g/mol. The van der Waals surface area contributed by atoms with E-state index in [0.717, 1.165) is 0 Å². The van der Waals surface area contributed by atoms with Crippen molar-refractivity contribution in [2.75, 3.05) is 39.3 Å². The number of halogens is 1. The Morgan fingerprint density at radius 2 is 1.81 bits per heavy atom. The number of aliphatic hydroxyl groups is 2. The zero-order valence-corrected chi connectivity index (χ0v) is 13.1. The molecular weight excluding hydrogens is 316 g/mol. The van der Waals surface area contributed by atoms with Crippen LogP contribution in [0.5, 0.6) is 0 Å². The fourth-order valence-electron chi connectivity index (χ4n) is 2.30. The predicted molar refractivity (Wildman–Crippen MR) is 79.7 cm³/mol. The maximum absolute atomic E-state index is 12.5. The molecule has 1 aromatic rings. The molecule has 118 valence electrons. The lowest BCUT2D eigenvalue weighted by Gasteiger charge is -2.34. The monoisotopic (exact) mass is 334 g/mol. The van der Waals surface area contributed by atoms with Crippen LogP contribution in [0.15, 0.2) is 29.2 Å². The van der Waals surface area contributed by atoms with Crippen molar-refractivity contribution >= 4 is 21.6 Å². The van der Waals surface area contributed by atoms with Crippen LogP contribution in [0.1, 0.15) is 0 Å². The summed E-state index contributed by atoms with van der Waals surface area (Å²) in [7, 11) is -3.59. The molecule has 0 saturated carbocycles. The number of rotatable bonds is 5. The second-order valence-electron chi connectivity index (χ2n) is 4.97. The highest BCUT2D eigenvalue weighted by molar-refractivity contribution is 7.89. The summed E-state index contributed by atoms with van der Waals surface area (Å²) in [5.74, 6) is 0. The summed E-state index contributed by atoms with van der Waals surface area (Å²) >= 11 is 5.97. The van der Waals surface area contributed by atoms with E-state index in [0.29, 0.717) is 32.7 Å². The van der Waals surface area contributed by atoms with E-state index in [2.05, 4.69) is 0 Å². The van der Waals surface area contributed by atoms with Gasteiger partial charge in [0.25, 0.3) is 0 Å². The summed E-state index contributed by atoms with van der Waals surface area (Å²) in [6.45, 7) is 1.76. The Bertz CT molecular complexity index is 573. The second-order valence-corrected chi connectivity index (χ2v) is 7.29. The standard InChI is InChI=1S/C13H19ClN2O4S/c14-12-3-1-2-4-13(12)21(19,20)16-7-5-15(6-8-16)9-11(18)10-17/h1-4,11,17-18H,5-10H2/t11-/m1/s1. The van der Waals surface area contributed by atoms with Gasteiger partial charge in [-0.2, -0.15) is 4.31 Å². The van der Waals surface area contributed by atoms with Crippen molar-refractivity contribution in [2.45, 2.75) is 11.0 Å². The first kappa shape index (κ1) is 16.7. The molecule has 0 spiro atoms. The van der Waals surface area contributed by atoms with Gasteiger partial charge in [0.05, 0.1) is 17.7 Å². The Labute approximate surface area is 129 Å². The van der Waals surface area contributed by atoms with E-state index in [-0.39, 0.29) is 16.5 Å². The lowest BCUT2D eigenvalue weighted by Crippen LogP contribution is -2.50. The molecule has 0 amide bonds. The van der Waals surface area contributed by atoms with Crippen LogP contribution in [0.4, 0.5) is 0 Å². The number of hydrogen-bond donors (Lipinski definition) is 2. The summed E-state index contributed by atoms with van der Waals surface area (Å²) < 4.78 is 26.5. The van der Waals surface area contributed by atoms with E-state index in [9.17, 15) is 13.5 Å². The van der Waals surface area contributed by atoms with Crippen molar-refractivity contribution in [1.29, 1.82) is 0 Å². The minimum absolute atomic E-state index is 0.121. The quantitative estimate of drug-likeness (QED) is 0.792. The average Bonchev–Trinajstić information content (AvgIpc) is 2.48. The van der Waals surface area contributed by atoms with Gasteiger partial charge in [-0.1, -0.05) is 23.7 Å². The molecule has 1 fully saturated rings. The second kappa shape index (κ2) is 7.04.